The average Bonchev–Trinajstić information content (AvgIpc) is 3.07. The number of aryl methyl sites for hydroxylation is 1. The Morgan fingerprint density at radius 2 is 2.00 bits per heavy atom. The van der Waals surface area contributed by atoms with E-state index in [0.29, 0.717) is 35.8 Å². The summed E-state index contributed by atoms with van der Waals surface area (Å²) in [6, 6.07) is 5.02. The van der Waals surface area contributed by atoms with Gasteiger partial charge in [0.1, 0.15) is 11.4 Å². The van der Waals surface area contributed by atoms with Crippen LogP contribution in [-0.2, 0) is 12.7 Å². The van der Waals surface area contributed by atoms with Crippen molar-refractivity contribution >= 4 is 11.0 Å². The van der Waals surface area contributed by atoms with Gasteiger partial charge in [-0.15, -0.1) is 0 Å². The quantitative estimate of drug-likeness (QED) is 0.588. The third-order valence-electron chi connectivity index (χ3n) is 5.81. The molecule has 0 spiro atoms. The van der Waals surface area contributed by atoms with Crippen LogP contribution in [0.3, 0.4) is 0 Å². The Kier molecular flexibility index (Phi) is 5.41. The number of aromatic hydroxyl groups is 1. The molecule has 4 rings (SSSR count). The molecule has 0 bridgehead atoms. The molecule has 9 heteroatoms. The number of aromatic nitrogens is 3. The van der Waals surface area contributed by atoms with Crippen molar-refractivity contribution in [3.05, 3.63) is 41.6 Å². The summed E-state index contributed by atoms with van der Waals surface area (Å²) in [5.41, 5.74) is -1.16. The maximum atomic E-state index is 15.4. The van der Waals surface area contributed by atoms with Gasteiger partial charge < -0.3 is 10.0 Å². The van der Waals surface area contributed by atoms with Crippen LogP contribution in [0.5, 0.6) is 5.75 Å². The minimum Gasteiger partial charge on any atom is -0.507 e. The first-order valence-electron chi connectivity index (χ1n) is 10.2. The van der Waals surface area contributed by atoms with Crippen molar-refractivity contribution in [3.63, 3.8) is 0 Å². The molecule has 2 aromatic heterocycles. The van der Waals surface area contributed by atoms with E-state index in [4.69, 9.17) is 0 Å². The number of hydrogen-bond donors (Lipinski definition) is 1. The summed E-state index contributed by atoms with van der Waals surface area (Å²) in [4.78, 5) is 6.50. The number of halogens is 4. The second kappa shape index (κ2) is 7.78. The summed E-state index contributed by atoms with van der Waals surface area (Å²) in [6.07, 6.45) is -1.57. The molecule has 166 valence electrons. The molecule has 1 aromatic carbocycles. The average molecular weight is 436 g/mol. The van der Waals surface area contributed by atoms with Crippen LogP contribution in [0.1, 0.15) is 30.9 Å². The summed E-state index contributed by atoms with van der Waals surface area (Å²) in [5, 5.41) is 15.3. The summed E-state index contributed by atoms with van der Waals surface area (Å²) in [6.45, 7) is 5.66. The van der Waals surface area contributed by atoms with Crippen LogP contribution in [0.15, 0.2) is 30.5 Å². The van der Waals surface area contributed by atoms with Crippen LogP contribution in [0.4, 0.5) is 17.6 Å². The molecule has 1 atom stereocenters. The van der Waals surface area contributed by atoms with Gasteiger partial charge in [-0.1, -0.05) is 6.92 Å². The number of rotatable bonds is 4. The Morgan fingerprint density at radius 1 is 1.23 bits per heavy atom. The highest BCUT2D eigenvalue weighted by molar-refractivity contribution is 5.80. The molecule has 1 saturated heterocycles. The Morgan fingerprint density at radius 3 is 2.68 bits per heavy atom. The Labute approximate surface area is 177 Å². The fraction of sp³-hybridized carbons (Fsp3) is 0.455. The first kappa shape index (κ1) is 21.5. The van der Waals surface area contributed by atoms with Gasteiger partial charge in [0.25, 0.3) is 0 Å². The predicted octanol–water partition coefficient (Wildman–Crippen LogP) is 4.96. The number of nitrogens with zero attached hydrogens (tertiary/aromatic N) is 4. The van der Waals surface area contributed by atoms with E-state index < -0.39 is 23.2 Å². The van der Waals surface area contributed by atoms with Gasteiger partial charge in [-0.25, -0.2) is 9.37 Å². The molecule has 0 radical (unpaired) electrons. The minimum atomic E-state index is -4.55. The number of hydrogen-bond acceptors (Lipinski definition) is 4. The molecule has 3 aromatic rings. The van der Waals surface area contributed by atoms with E-state index in [1.54, 1.807) is 23.0 Å². The maximum Gasteiger partial charge on any atom is 0.416 e. The van der Waals surface area contributed by atoms with E-state index in [1.165, 1.54) is 6.92 Å². The zero-order valence-corrected chi connectivity index (χ0v) is 17.4. The van der Waals surface area contributed by atoms with Crippen molar-refractivity contribution in [1.29, 1.82) is 0 Å². The number of likely N-dealkylation sites (tertiary alicyclic amines) is 1. The summed E-state index contributed by atoms with van der Waals surface area (Å²) >= 11 is 0. The molecule has 1 N–H and O–H groups in total. The molecule has 1 fully saturated rings. The number of alkyl halides is 4. The van der Waals surface area contributed by atoms with E-state index >= 15 is 4.39 Å². The van der Waals surface area contributed by atoms with Gasteiger partial charge in [0.05, 0.1) is 17.8 Å². The third kappa shape index (κ3) is 4.37. The van der Waals surface area contributed by atoms with Gasteiger partial charge in [0.15, 0.2) is 5.65 Å². The summed E-state index contributed by atoms with van der Waals surface area (Å²) in [5.74, 6) is -0.497. The van der Waals surface area contributed by atoms with E-state index in [0.717, 1.165) is 25.6 Å². The Bertz CT molecular complexity index is 1090. The molecule has 0 saturated carbocycles. The number of fused-ring (bicyclic) bond motifs is 1. The molecule has 5 nitrogen and oxygen atoms in total. The monoisotopic (exact) mass is 436 g/mol. The fourth-order valence-corrected chi connectivity index (χ4v) is 4.30. The molecule has 0 amide bonds. The topological polar surface area (TPSA) is 54.2 Å². The van der Waals surface area contributed by atoms with E-state index in [9.17, 15) is 18.3 Å². The lowest BCUT2D eigenvalue weighted by atomic mass is 9.94. The normalized spacial score (nSPS) is 20.5. The number of phenolic OH excluding ortho intramolecular Hbond substituents is 1. The smallest absolute Gasteiger partial charge is 0.416 e. The zero-order chi connectivity index (χ0) is 22.4. The van der Waals surface area contributed by atoms with Crippen molar-refractivity contribution in [3.8, 4) is 17.0 Å². The maximum absolute atomic E-state index is 15.4. The van der Waals surface area contributed by atoms with E-state index in [2.05, 4.69) is 15.0 Å². The number of benzene rings is 1. The summed E-state index contributed by atoms with van der Waals surface area (Å²) < 4.78 is 55.9. The van der Waals surface area contributed by atoms with Crippen molar-refractivity contribution in [2.24, 2.45) is 0 Å². The molecule has 1 aliphatic rings. The van der Waals surface area contributed by atoms with Gasteiger partial charge in [-0.2, -0.15) is 18.3 Å². The first-order valence-corrected chi connectivity index (χ1v) is 10.2. The van der Waals surface area contributed by atoms with Crippen LogP contribution < -0.4 is 0 Å². The number of phenols is 1. The highest BCUT2D eigenvalue weighted by Crippen LogP contribution is 2.38. The van der Waals surface area contributed by atoms with Gasteiger partial charge >= 0.3 is 6.18 Å². The van der Waals surface area contributed by atoms with Crippen LogP contribution in [0.2, 0.25) is 0 Å². The van der Waals surface area contributed by atoms with Gasteiger partial charge in [-0.05, 0) is 62.7 Å². The molecule has 0 aliphatic carbocycles. The van der Waals surface area contributed by atoms with Crippen LogP contribution in [-0.4, -0.2) is 50.1 Å². The lowest BCUT2D eigenvalue weighted by Crippen LogP contribution is -2.47. The fourth-order valence-electron chi connectivity index (χ4n) is 4.30. The highest BCUT2D eigenvalue weighted by atomic mass is 19.4. The molecule has 3 heterocycles. The van der Waals surface area contributed by atoms with Crippen LogP contribution in [0.25, 0.3) is 22.3 Å². The Hall–Kier alpha value is -2.68. The highest BCUT2D eigenvalue weighted by Gasteiger charge is 2.36. The van der Waals surface area contributed by atoms with Gasteiger partial charge in [0.2, 0.25) is 0 Å². The number of piperidine rings is 1. The number of pyridine rings is 1. The van der Waals surface area contributed by atoms with Gasteiger partial charge in [0, 0.05) is 23.7 Å². The summed E-state index contributed by atoms with van der Waals surface area (Å²) in [7, 11) is 0. The molecule has 31 heavy (non-hydrogen) atoms. The van der Waals surface area contributed by atoms with Crippen LogP contribution in [0, 0.1) is 6.92 Å². The molecule has 0 unspecified atom stereocenters. The molecular weight excluding hydrogens is 412 g/mol. The lowest BCUT2D eigenvalue weighted by molar-refractivity contribution is -0.137. The van der Waals surface area contributed by atoms with Crippen molar-refractivity contribution in [1.82, 2.24) is 19.7 Å². The SMILES string of the molecule is CCN1CCC[C@@](F)(Cn2cc3ccc(-c4c(C)cc(C(F)(F)F)cc4O)nc3n2)C1. The van der Waals surface area contributed by atoms with Crippen LogP contribution >= 0.6 is 0 Å². The second-order valence-corrected chi connectivity index (χ2v) is 8.24. The van der Waals surface area contributed by atoms with Gasteiger partial charge in [-0.3, -0.25) is 4.68 Å². The third-order valence-corrected chi connectivity index (χ3v) is 5.81. The molecular formula is C22H24F4N4O. The van der Waals surface area contributed by atoms with E-state index in [-0.39, 0.29) is 17.7 Å². The largest absolute Gasteiger partial charge is 0.507 e. The first-order chi connectivity index (χ1) is 14.6. The molecule has 1 aliphatic heterocycles. The van der Waals surface area contributed by atoms with Crippen molar-refractivity contribution in [2.45, 2.75) is 45.1 Å². The lowest BCUT2D eigenvalue weighted by Gasteiger charge is -2.36. The predicted molar refractivity (Wildman–Crippen MR) is 110 cm³/mol. The zero-order valence-electron chi connectivity index (χ0n) is 17.4. The Balaban J connectivity index is 1.64. The van der Waals surface area contributed by atoms with E-state index in [1.807, 2.05) is 6.92 Å². The standard InChI is InChI=1S/C22H24F4N4O/c1-3-29-8-4-7-21(23,12-29)13-30-11-15-5-6-17(27-20(15)28-30)19-14(2)9-16(10-18(19)31)22(24,25)26/h5-6,9-11,31H,3-4,7-8,12-13H2,1-2H3/t21-/m0/s1. The minimum absolute atomic E-state index is 0.111. The second-order valence-electron chi connectivity index (χ2n) is 8.24. The van der Waals surface area contributed by atoms with Crippen molar-refractivity contribution in [2.75, 3.05) is 19.6 Å². The van der Waals surface area contributed by atoms with Crippen molar-refractivity contribution < 1.29 is 22.7 Å².